The molecular formula is C45H49N9O8S. The molecule has 1 spiro atoms. The van der Waals surface area contributed by atoms with Crippen LogP contribution in [0.4, 0.5) is 17.2 Å². The number of benzene rings is 3. The van der Waals surface area contributed by atoms with Crippen LogP contribution < -0.4 is 24.6 Å². The summed E-state index contributed by atoms with van der Waals surface area (Å²) < 4.78 is 43.2. The third kappa shape index (κ3) is 7.79. The Bertz CT molecular complexity index is 2720. The van der Waals surface area contributed by atoms with Crippen molar-refractivity contribution < 1.29 is 36.9 Å². The second-order valence-electron chi connectivity index (χ2n) is 17.6. The number of hydrogen-bond acceptors (Lipinski definition) is 13. The summed E-state index contributed by atoms with van der Waals surface area (Å²) >= 11 is 0. The van der Waals surface area contributed by atoms with E-state index >= 15 is 0 Å². The second kappa shape index (κ2) is 16.1. The Kier molecular flexibility index (Phi) is 10.4. The molecule has 3 aromatic carbocycles. The van der Waals surface area contributed by atoms with Gasteiger partial charge in [0, 0.05) is 62.9 Å². The number of ether oxygens (including phenoxy) is 1. The summed E-state index contributed by atoms with van der Waals surface area (Å²) in [4.78, 5) is 59.1. The molecule has 5 aromatic rings. The topological polar surface area (TPSA) is 193 Å². The second-order valence-corrected chi connectivity index (χ2v) is 19.3. The van der Waals surface area contributed by atoms with Crippen LogP contribution in [-0.2, 0) is 26.2 Å². The smallest absolute Gasteiger partial charge is 0.263 e. The van der Waals surface area contributed by atoms with Crippen LogP contribution in [0.1, 0.15) is 71.2 Å². The first kappa shape index (κ1) is 40.8. The average molecular weight is 876 g/mol. The van der Waals surface area contributed by atoms with Crippen molar-refractivity contribution in [1.29, 1.82) is 0 Å². The molecule has 5 aliphatic heterocycles. The zero-order valence-corrected chi connectivity index (χ0v) is 35.8. The SMILES string of the molecule is COc1cc(Cn2cccn2)cc2onc(NS(=O)(=O)c3cccc(N4CCC5(CCN(CC6CCN(c7ccc8c(c7)C(=O)N(C7CCC(=O)NC7=O)C8=O)C6)CC5)CC4)c3)c12. The number of fused-ring (bicyclic) bond motifs is 2. The molecule has 7 heterocycles. The molecule has 0 aliphatic carbocycles. The molecule has 63 heavy (non-hydrogen) atoms. The highest BCUT2D eigenvalue weighted by molar-refractivity contribution is 7.92. The molecule has 0 bridgehead atoms. The number of nitrogens with zero attached hydrogens (tertiary/aromatic N) is 7. The van der Waals surface area contributed by atoms with Gasteiger partial charge in [-0.25, -0.2) is 8.42 Å². The lowest BCUT2D eigenvalue weighted by Crippen LogP contribution is -2.54. The molecule has 0 saturated carbocycles. The van der Waals surface area contributed by atoms with Crippen molar-refractivity contribution in [1.82, 2.24) is 30.1 Å². The predicted octanol–water partition coefficient (Wildman–Crippen LogP) is 4.49. The van der Waals surface area contributed by atoms with E-state index in [1.807, 2.05) is 30.5 Å². The first-order valence-electron chi connectivity index (χ1n) is 21.6. The van der Waals surface area contributed by atoms with E-state index in [-0.39, 0.29) is 29.0 Å². The minimum absolute atomic E-state index is 0.0616. The quantitative estimate of drug-likeness (QED) is 0.177. The van der Waals surface area contributed by atoms with E-state index < -0.39 is 39.7 Å². The first-order chi connectivity index (χ1) is 30.5. The lowest BCUT2D eigenvalue weighted by atomic mass is 9.71. The Morgan fingerprint density at radius 2 is 1.65 bits per heavy atom. The van der Waals surface area contributed by atoms with Crippen molar-refractivity contribution in [3.05, 3.63) is 89.7 Å². The molecule has 2 aromatic heterocycles. The lowest BCUT2D eigenvalue weighted by Gasteiger charge is -2.47. The van der Waals surface area contributed by atoms with Gasteiger partial charge in [0.05, 0.1) is 29.7 Å². The van der Waals surface area contributed by atoms with Gasteiger partial charge in [-0.3, -0.25) is 38.8 Å². The van der Waals surface area contributed by atoms with E-state index in [9.17, 15) is 27.6 Å². The minimum atomic E-state index is -4.02. The summed E-state index contributed by atoms with van der Waals surface area (Å²) in [5.74, 6) is -1.01. The van der Waals surface area contributed by atoms with Gasteiger partial charge in [-0.05, 0) is 123 Å². The van der Waals surface area contributed by atoms with Gasteiger partial charge in [0.25, 0.3) is 21.8 Å². The summed E-state index contributed by atoms with van der Waals surface area (Å²) in [7, 11) is -2.49. The van der Waals surface area contributed by atoms with Crippen LogP contribution >= 0.6 is 0 Å². The Balaban J connectivity index is 0.718. The normalized spacial score (nSPS) is 21.7. The van der Waals surface area contributed by atoms with Crippen molar-refractivity contribution in [2.45, 2.75) is 62.4 Å². The molecule has 4 saturated heterocycles. The number of likely N-dealkylation sites (tertiary alicyclic amines) is 1. The van der Waals surface area contributed by atoms with Crippen molar-refractivity contribution >= 4 is 61.8 Å². The fourth-order valence-electron chi connectivity index (χ4n) is 10.2. The molecule has 328 valence electrons. The van der Waals surface area contributed by atoms with Gasteiger partial charge in [-0.2, -0.15) is 5.10 Å². The van der Waals surface area contributed by atoms with Gasteiger partial charge in [0.2, 0.25) is 11.8 Å². The lowest BCUT2D eigenvalue weighted by molar-refractivity contribution is -0.136. The third-order valence-electron chi connectivity index (χ3n) is 13.8. The number of piperidine rings is 3. The summed E-state index contributed by atoms with van der Waals surface area (Å²) in [6, 6.07) is 16.9. The number of rotatable bonds is 11. The number of nitrogens with one attached hydrogen (secondary N) is 2. The van der Waals surface area contributed by atoms with Crippen LogP contribution in [0.2, 0.25) is 0 Å². The predicted molar refractivity (Wildman–Crippen MR) is 232 cm³/mol. The number of imide groups is 2. The van der Waals surface area contributed by atoms with Crippen LogP contribution in [-0.4, -0.2) is 116 Å². The molecule has 10 rings (SSSR count). The summed E-state index contributed by atoms with van der Waals surface area (Å²) in [6.07, 6.45) is 9.14. The van der Waals surface area contributed by atoms with E-state index in [0.717, 1.165) is 99.8 Å². The van der Waals surface area contributed by atoms with E-state index in [0.29, 0.717) is 40.3 Å². The van der Waals surface area contributed by atoms with Gasteiger partial charge < -0.3 is 24.0 Å². The van der Waals surface area contributed by atoms with Crippen molar-refractivity contribution in [2.24, 2.45) is 11.3 Å². The Morgan fingerprint density at radius 3 is 2.41 bits per heavy atom. The van der Waals surface area contributed by atoms with Crippen LogP contribution in [0.5, 0.6) is 5.75 Å². The maximum atomic E-state index is 13.8. The molecule has 0 radical (unpaired) electrons. The number of carbonyl (C=O) groups excluding carboxylic acids is 4. The standard InChI is InChI=1S/C45H49N9O8S/c1-61-37-22-30(28-53-16-3-15-46-53)23-38-40(37)41(48-62-38)49-63(59,60)33-5-2-4-31(24-33)51-20-13-45(14-21-51)11-18-50(19-12-45)26-29-10-17-52(27-29)32-6-7-34-35(25-32)44(58)54(43(34)57)36-8-9-39(55)47-42(36)56/h2-7,15-16,22-25,29,36H,8-14,17-21,26-28H2,1H3,(H,48,49)(H,47,55,56). The maximum Gasteiger partial charge on any atom is 0.263 e. The Labute approximate surface area is 364 Å². The molecule has 2 unspecified atom stereocenters. The van der Waals surface area contributed by atoms with Gasteiger partial charge in [0.15, 0.2) is 11.4 Å². The number of carbonyl (C=O) groups is 4. The third-order valence-corrected chi connectivity index (χ3v) is 15.1. The Hall–Kier alpha value is -6.27. The molecule has 2 N–H and O–H groups in total. The van der Waals surface area contributed by atoms with Crippen LogP contribution in [0.3, 0.4) is 0 Å². The molecule has 17 nitrogen and oxygen atoms in total. The molecule has 5 aliphatic rings. The summed E-state index contributed by atoms with van der Waals surface area (Å²) in [5.41, 5.74) is 3.90. The molecule has 18 heteroatoms. The van der Waals surface area contributed by atoms with Gasteiger partial charge in [-0.1, -0.05) is 11.2 Å². The fraction of sp³-hybridized carbons (Fsp3) is 0.422. The molecule has 2 atom stereocenters. The largest absolute Gasteiger partial charge is 0.496 e. The first-order valence-corrected chi connectivity index (χ1v) is 23.1. The van der Waals surface area contributed by atoms with Crippen molar-refractivity contribution in [3.63, 3.8) is 0 Å². The maximum absolute atomic E-state index is 13.8. The van der Waals surface area contributed by atoms with E-state index in [1.165, 1.54) is 7.11 Å². The minimum Gasteiger partial charge on any atom is -0.496 e. The molecule has 4 fully saturated rings. The van der Waals surface area contributed by atoms with Crippen LogP contribution in [0, 0.1) is 11.3 Å². The highest BCUT2D eigenvalue weighted by Crippen LogP contribution is 2.43. The fourth-order valence-corrected chi connectivity index (χ4v) is 11.3. The van der Waals surface area contributed by atoms with Gasteiger partial charge >= 0.3 is 0 Å². The highest BCUT2D eigenvalue weighted by atomic mass is 32.2. The van der Waals surface area contributed by atoms with Crippen LogP contribution in [0.15, 0.2) is 82.5 Å². The number of sulfonamides is 1. The zero-order chi connectivity index (χ0) is 43.5. The Morgan fingerprint density at radius 1 is 0.873 bits per heavy atom. The zero-order valence-electron chi connectivity index (χ0n) is 35.0. The van der Waals surface area contributed by atoms with Crippen LogP contribution in [0.25, 0.3) is 11.0 Å². The summed E-state index contributed by atoms with van der Waals surface area (Å²) in [5, 5.41) is 11.0. The number of anilines is 3. The summed E-state index contributed by atoms with van der Waals surface area (Å²) in [6.45, 7) is 6.97. The van der Waals surface area contributed by atoms with Crippen molar-refractivity contribution in [3.8, 4) is 5.75 Å². The average Bonchev–Trinajstić information content (AvgIpc) is 4.11. The van der Waals surface area contributed by atoms with E-state index in [4.69, 9.17) is 9.26 Å². The number of aromatic nitrogens is 3. The monoisotopic (exact) mass is 875 g/mol. The van der Waals surface area contributed by atoms with Gasteiger partial charge in [-0.15, -0.1) is 0 Å². The van der Waals surface area contributed by atoms with Crippen molar-refractivity contribution in [2.75, 3.05) is 67.4 Å². The molecular weight excluding hydrogens is 827 g/mol. The van der Waals surface area contributed by atoms with E-state index in [2.05, 4.69) is 35.0 Å². The molecule has 4 amide bonds. The number of hydrogen-bond donors (Lipinski definition) is 2. The highest BCUT2D eigenvalue weighted by Gasteiger charge is 2.45. The number of amides is 4. The van der Waals surface area contributed by atoms with Gasteiger partial charge in [0.1, 0.15) is 17.2 Å². The van der Waals surface area contributed by atoms with E-state index in [1.54, 1.807) is 47.3 Å². The number of methoxy groups -OCH3 is 1.